The molecule has 1 N–H and O–H groups in total. The first-order valence-corrected chi connectivity index (χ1v) is 6.51. The van der Waals surface area contributed by atoms with Crippen molar-refractivity contribution in [1.29, 1.82) is 0 Å². The van der Waals surface area contributed by atoms with Crippen molar-refractivity contribution in [1.82, 2.24) is 10.3 Å². The fourth-order valence-electron chi connectivity index (χ4n) is 2.02. The number of nitrogens with one attached hydrogen (secondary N) is 1. The van der Waals surface area contributed by atoms with Crippen molar-refractivity contribution < 1.29 is 13.5 Å². The van der Waals surface area contributed by atoms with Gasteiger partial charge in [-0.2, -0.15) is 0 Å². The number of halogens is 2. The Kier molecular flexibility index (Phi) is 3.76. The number of pyridine rings is 1. The Balaban J connectivity index is 2.07. The van der Waals surface area contributed by atoms with Gasteiger partial charge in [-0.05, 0) is 18.7 Å². The van der Waals surface area contributed by atoms with E-state index < -0.39 is 12.0 Å². The van der Waals surface area contributed by atoms with Gasteiger partial charge in [0.2, 0.25) is 0 Å². The van der Waals surface area contributed by atoms with Crippen molar-refractivity contribution in [2.24, 2.45) is 0 Å². The van der Waals surface area contributed by atoms with E-state index in [1.807, 2.05) is 6.07 Å². The number of rotatable bonds is 2. The molecule has 0 radical (unpaired) electrons. The predicted octanol–water partition coefficient (Wildman–Crippen LogP) is 2.76. The highest BCUT2D eigenvalue weighted by atomic mass is 19.3. The monoisotopic (exact) mass is 270 g/mol. The molecule has 106 valence electrons. The van der Waals surface area contributed by atoms with Gasteiger partial charge in [-0.3, -0.25) is 4.98 Å². The van der Waals surface area contributed by atoms with E-state index in [0.717, 1.165) is 5.69 Å². The third kappa shape index (κ3) is 3.41. The molecule has 1 unspecified atom stereocenters. The van der Waals surface area contributed by atoms with Gasteiger partial charge in [0.05, 0.1) is 12.7 Å². The zero-order chi connectivity index (χ0) is 14.1. The highest BCUT2D eigenvalue weighted by Crippen LogP contribution is 2.28. The topological polar surface area (TPSA) is 34.1 Å². The molecule has 3 nitrogen and oxygen atoms in total. The van der Waals surface area contributed by atoms with E-state index in [9.17, 15) is 8.78 Å². The molecule has 5 heteroatoms. The van der Waals surface area contributed by atoms with Crippen LogP contribution in [0.3, 0.4) is 0 Å². The third-order valence-electron chi connectivity index (χ3n) is 3.20. The van der Waals surface area contributed by atoms with Gasteiger partial charge in [0, 0.05) is 17.5 Å². The minimum atomic E-state index is -2.83. The SMILES string of the molecule is CC(C)(C)c1ccc(OC2CCNCC2(F)F)cn1. The summed E-state index contributed by atoms with van der Waals surface area (Å²) in [6.45, 7) is 6.38. The highest BCUT2D eigenvalue weighted by molar-refractivity contribution is 5.24. The van der Waals surface area contributed by atoms with Crippen LogP contribution < -0.4 is 10.1 Å². The maximum Gasteiger partial charge on any atom is 0.296 e. The zero-order valence-corrected chi connectivity index (χ0v) is 11.5. The summed E-state index contributed by atoms with van der Waals surface area (Å²) in [5, 5.41) is 2.67. The van der Waals surface area contributed by atoms with Gasteiger partial charge in [0.25, 0.3) is 5.92 Å². The second-order valence-electron chi connectivity index (χ2n) is 5.96. The maximum absolute atomic E-state index is 13.6. The molecule has 19 heavy (non-hydrogen) atoms. The molecule has 1 atom stereocenters. The molecule has 2 heterocycles. The fraction of sp³-hybridized carbons (Fsp3) is 0.643. The molecule has 0 bridgehead atoms. The van der Waals surface area contributed by atoms with E-state index in [2.05, 4.69) is 31.1 Å². The second kappa shape index (κ2) is 5.04. The number of alkyl halides is 2. The van der Waals surface area contributed by atoms with E-state index in [1.54, 1.807) is 6.07 Å². The summed E-state index contributed by atoms with van der Waals surface area (Å²) in [5.74, 6) is -2.43. The predicted molar refractivity (Wildman–Crippen MR) is 69.8 cm³/mol. The fourth-order valence-corrected chi connectivity index (χ4v) is 2.02. The quantitative estimate of drug-likeness (QED) is 0.897. The van der Waals surface area contributed by atoms with Gasteiger partial charge in [0.15, 0.2) is 6.10 Å². The first-order chi connectivity index (χ1) is 8.79. The minimum Gasteiger partial charge on any atom is -0.482 e. The number of ether oxygens (including phenoxy) is 1. The van der Waals surface area contributed by atoms with Gasteiger partial charge in [-0.1, -0.05) is 20.8 Å². The van der Waals surface area contributed by atoms with Crippen LogP contribution in [0.25, 0.3) is 0 Å². The van der Waals surface area contributed by atoms with Crippen LogP contribution in [-0.4, -0.2) is 30.1 Å². The molecule has 0 spiro atoms. The molecule has 1 aliphatic heterocycles. The van der Waals surface area contributed by atoms with Crippen LogP contribution in [0.5, 0.6) is 5.75 Å². The molecule has 0 aromatic carbocycles. The van der Waals surface area contributed by atoms with Gasteiger partial charge >= 0.3 is 0 Å². The normalized spacial score (nSPS) is 23.1. The van der Waals surface area contributed by atoms with Crippen molar-refractivity contribution >= 4 is 0 Å². The van der Waals surface area contributed by atoms with E-state index in [1.165, 1.54) is 6.20 Å². The van der Waals surface area contributed by atoms with Gasteiger partial charge < -0.3 is 10.1 Å². The van der Waals surface area contributed by atoms with E-state index in [4.69, 9.17) is 4.74 Å². The Morgan fingerprint density at radius 3 is 2.63 bits per heavy atom. The highest BCUT2D eigenvalue weighted by Gasteiger charge is 2.43. The Bertz CT molecular complexity index is 426. The molecule has 1 fully saturated rings. The number of nitrogens with zero attached hydrogens (tertiary/aromatic N) is 1. The molecule has 0 saturated carbocycles. The van der Waals surface area contributed by atoms with Crippen LogP contribution >= 0.6 is 0 Å². The van der Waals surface area contributed by atoms with Gasteiger partial charge in [-0.25, -0.2) is 8.78 Å². The summed E-state index contributed by atoms with van der Waals surface area (Å²) >= 11 is 0. The van der Waals surface area contributed by atoms with E-state index in [0.29, 0.717) is 18.7 Å². The van der Waals surface area contributed by atoms with E-state index >= 15 is 0 Å². The van der Waals surface area contributed by atoms with Crippen LogP contribution in [0, 0.1) is 0 Å². The van der Waals surface area contributed by atoms with E-state index in [-0.39, 0.29) is 12.0 Å². The molecule has 1 saturated heterocycles. The Morgan fingerprint density at radius 1 is 1.37 bits per heavy atom. The smallest absolute Gasteiger partial charge is 0.296 e. The summed E-state index contributed by atoms with van der Waals surface area (Å²) in [4.78, 5) is 4.28. The molecule has 1 aromatic rings. The van der Waals surface area contributed by atoms with Crippen LogP contribution in [0.1, 0.15) is 32.9 Å². The number of hydrogen-bond donors (Lipinski definition) is 1. The van der Waals surface area contributed by atoms with Crippen LogP contribution in [-0.2, 0) is 5.41 Å². The minimum absolute atomic E-state index is 0.0583. The molecular formula is C14H20F2N2O. The molecule has 1 aliphatic rings. The van der Waals surface area contributed by atoms with Crippen molar-refractivity contribution in [3.63, 3.8) is 0 Å². The molecule has 0 aliphatic carbocycles. The summed E-state index contributed by atoms with van der Waals surface area (Å²) in [6.07, 6.45) is 0.753. The zero-order valence-electron chi connectivity index (χ0n) is 11.5. The first kappa shape index (κ1) is 14.2. The summed E-state index contributed by atoms with van der Waals surface area (Å²) in [5.41, 5.74) is 0.856. The Morgan fingerprint density at radius 2 is 2.11 bits per heavy atom. The van der Waals surface area contributed by atoms with Gasteiger partial charge in [-0.15, -0.1) is 0 Å². The third-order valence-corrected chi connectivity index (χ3v) is 3.20. The van der Waals surface area contributed by atoms with Crippen molar-refractivity contribution in [2.75, 3.05) is 13.1 Å². The average Bonchev–Trinajstić information content (AvgIpc) is 2.31. The lowest BCUT2D eigenvalue weighted by Gasteiger charge is -2.32. The molecule has 0 amide bonds. The molecular weight excluding hydrogens is 250 g/mol. The van der Waals surface area contributed by atoms with Crippen LogP contribution in [0.4, 0.5) is 8.78 Å². The van der Waals surface area contributed by atoms with Crippen molar-refractivity contribution in [3.05, 3.63) is 24.0 Å². The first-order valence-electron chi connectivity index (χ1n) is 6.51. The van der Waals surface area contributed by atoms with Crippen molar-refractivity contribution in [2.45, 2.75) is 44.6 Å². The maximum atomic E-state index is 13.6. The lowest BCUT2D eigenvalue weighted by molar-refractivity contribution is -0.109. The number of aromatic nitrogens is 1. The van der Waals surface area contributed by atoms with Crippen LogP contribution in [0.2, 0.25) is 0 Å². The standard InChI is InChI=1S/C14H20F2N2O/c1-13(2,3)11-5-4-10(8-18-11)19-12-6-7-17-9-14(12,15)16/h4-5,8,12,17H,6-7,9H2,1-3H3. The largest absolute Gasteiger partial charge is 0.482 e. The molecule has 2 rings (SSSR count). The molecule has 1 aromatic heterocycles. The number of hydrogen-bond acceptors (Lipinski definition) is 3. The van der Waals surface area contributed by atoms with Crippen molar-refractivity contribution in [3.8, 4) is 5.75 Å². The lowest BCUT2D eigenvalue weighted by atomic mass is 9.92. The summed E-state index contributed by atoms with van der Waals surface area (Å²) in [6, 6.07) is 3.54. The second-order valence-corrected chi connectivity index (χ2v) is 5.96. The van der Waals surface area contributed by atoms with Gasteiger partial charge in [0.1, 0.15) is 5.75 Å². The summed E-state index contributed by atoms with van der Waals surface area (Å²) < 4.78 is 32.6. The Labute approximate surface area is 112 Å². The lowest BCUT2D eigenvalue weighted by Crippen LogP contribution is -2.52. The van der Waals surface area contributed by atoms with Crippen LogP contribution in [0.15, 0.2) is 18.3 Å². The number of piperidine rings is 1. The Hall–Kier alpha value is -1.23. The summed E-state index contributed by atoms with van der Waals surface area (Å²) in [7, 11) is 0. The average molecular weight is 270 g/mol.